The number of carbonyl (C=O) groups is 2. The number of ether oxygens (including phenoxy) is 3. The number of anilines is 1. The highest BCUT2D eigenvalue weighted by molar-refractivity contribution is 7.09. The van der Waals surface area contributed by atoms with Gasteiger partial charge in [0, 0.05) is 29.0 Å². The Labute approximate surface area is 199 Å². The minimum atomic E-state index is -0.710. The van der Waals surface area contributed by atoms with Crippen LogP contribution in [-0.4, -0.2) is 41.5 Å². The first-order valence-electron chi connectivity index (χ1n) is 10.6. The molecule has 0 unspecified atom stereocenters. The summed E-state index contributed by atoms with van der Waals surface area (Å²) in [6.45, 7) is 1.21. The van der Waals surface area contributed by atoms with E-state index in [0.717, 1.165) is 4.88 Å². The molecule has 0 bridgehead atoms. The van der Waals surface area contributed by atoms with Gasteiger partial charge in [0.05, 0.1) is 13.1 Å². The SMILES string of the molecule is O=C(OCC(=O)N(Cc1cccs1)c1ccc2c(c1)OCCO2)c1ccc(Cn2cccn2)o1. The smallest absolute Gasteiger partial charge is 0.374 e. The first-order chi connectivity index (χ1) is 16.7. The number of carbonyl (C=O) groups excluding carboxylic acids is 2. The summed E-state index contributed by atoms with van der Waals surface area (Å²) in [6.07, 6.45) is 3.45. The van der Waals surface area contributed by atoms with Crippen LogP contribution in [0.15, 0.2) is 70.7 Å². The Hall–Kier alpha value is -4.05. The van der Waals surface area contributed by atoms with Crippen molar-refractivity contribution in [2.45, 2.75) is 13.1 Å². The molecule has 1 amide bonds. The molecule has 34 heavy (non-hydrogen) atoms. The van der Waals surface area contributed by atoms with E-state index in [1.807, 2.05) is 17.5 Å². The van der Waals surface area contributed by atoms with E-state index >= 15 is 0 Å². The standard InChI is InChI=1S/C24H21N3O6S/c28-23(16-32-24(29)21-7-5-18(33-21)14-26-9-2-8-25-26)27(15-19-3-1-12-34-19)17-4-6-20-22(13-17)31-11-10-30-20/h1-9,12-13H,10-11,14-16H2. The van der Waals surface area contributed by atoms with Gasteiger partial charge < -0.3 is 23.5 Å². The molecule has 174 valence electrons. The second-order valence-electron chi connectivity index (χ2n) is 7.43. The average Bonchev–Trinajstić information content (AvgIpc) is 3.64. The Balaban J connectivity index is 1.27. The lowest BCUT2D eigenvalue weighted by atomic mass is 10.2. The molecule has 0 atom stereocenters. The van der Waals surface area contributed by atoms with Crippen molar-refractivity contribution in [3.8, 4) is 11.5 Å². The largest absolute Gasteiger partial charge is 0.486 e. The van der Waals surface area contributed by atoms with Crippen molar-refractivity contribution in [3.63, 3.8) is 0 Å². The summed E-state index contributed by atoms with van der Waals surface area (Å²) in [5, 5.41) is 6.05. The number of aromatic nitrogens is 2. The number of benzene rings is 1. The second-order valence-corrected chi connectivity index (χ2v) is 8.47. The molecule has 1 aliphatic rings. The molecule has 3 aromatic heterocycles. The van der Waals surface area contributed by atoms with Gasteiger partial charge in [0.25, 0.3) is 5.91 Å². The Kier molecular flexibility index (Phi) is 6.30. The summed E-state index contributed by atoms with van der Waals surface area (Å²) in [4.78, 5) is 28.2. The number of amides is 1. The quantitative estimate of drug-likeness (QED) is 0.355. The van der Waals surface area contributed by atoms with Crippen molar-refractivity contribution in [2.24, 2.45) is 0 Å². The van der Waals surface area contributed by atoms with Crippen molar-refractivity contribution in [1.29, 1.82) is 0 Å². The molecule has 5 rings (SSSR count). The minimum absolute atomic E-state index is 0.0269. The van der Waals surface area contributed by atoms with Crippen LogP contribution in [0.25, 0.3) is 0 Å². The second kappa shape index (κ2) is 9.84. The number of nitrogens with zero attached hydrogens (tertiary/aromatic N) is 3. The van der Waals surface area contributed by atoms with Gasteiger partial charge in [0.2, 0.25) is 5.76 Å². The van der Waals surface area contributed by atoms with Crippen LogP contribution in [0.4, 0.5) is 5.69 Å². The molecule has 4 aromatic rings. The predicted molar refractivity (Wildman–Crippen MR) is 123 cm³/mol. The lowest BCUT2D eigenvalue weighted by Gasteiger charge is -2.25. The first-order valence-corrected chi connectivity index (χ1v) is 11.5. The molecule has 0 saturated heterocycles. The molecule has 1 aromatic carbocycles. The zero-order valence-corrected chi connectivity index (χ0v) is 18.9. The van der Waals surface area contributed by atoms with Crippen molar-refractivity contribution in [1.82, 2.24) is 9.78 Å². The van der Waals surface area contributed by atoms with Crippen LogP contribution in [0.2, 0.25) is 0 Å². The zero-order chi connectivity index (χ0) is 23.3. The molecule has 1 aliphatic heterocycles. The van der Waals surface area contributed by atoms with Crippen molar-refractivity contribution < 1.29 is 28.2 Å². The van der Waals surface area contributed by atoms with E-state index in [1.54, 1.807) is 52.3 Å². The fraction of sp³-hybridized carbons (Fsp3) is 0.208. The van der Waals surface area contributed by atoms with Crippen LogP contribution < -0.4 is 14.4 Å². The Bertz CT molecular complexity index is 1270. The fourth-order valence-electron chi connectivity index (χ4n) is 3.48. The molecule has 0 fully saturated rings. The molecule has 4 heterocycles. The summed E-state index contributed by atoms with van der Waals surface area (Å²) < 4.78 is 23.7. The molecular weight excluding hydrogens is 458 g/mol. The molecular formula is C24H21N3O6S. The van der Waals surface area contributed by atoms with E-state index in [0.29, 0.717) is 49.2 Å². The maximum absolute atomic E-state index is 13.1. The van der Waals surface area contributed by atoms with Gasteiger partial charge in [-0.25, -0.2) is 4.79 Å². The molecule has 0 radical (unpaired) electrons. The zero-order valence-electron chi connectivity index (χ0n) is 18.1. The van der Waals surface area contributed by atoms with Gasteiger partial charge in [-0.05, 0) is 41.8 Å². The Morgan fingerprint density at radius 3 is 2.76 bits per heavy atom. The number of thiophene rings is 1. The number of rotatable bonds is 8. The topological polar surface area (TPSA) is 96.0 Å². The van der Waals surface area contributed by atoms with Crippen LogP contribution in [0.3, 0.4) is 0 Å². The predicted octanol–water partition coefficient (Wildman–Crippen LogP) is 3.75. The highest BCUT2D eigenvalue weighted by atomic mass is 32.1. The molecule has 0 spiro atoms. The van der Waals surface area contributed by atoms with E-state index in [9.17, 15) is 9.59 Å². The summed E-state index contributed by atoms with van der Waals surface area (Å²) in [5.74, 6) is 0.704. The molecule has 0 saturated carbocycles. The van der Waals surface area contributed by atoms with E-state index in [-0.39, 0.29) is 11.7 Å². The number of hydrogen-bond acceptors (Lipinski definition) is 8. The Morgan fingerprint density at radius 1 is 1.09 bits per heavy atom. The summed E-state index contributed by atoms with van der Waals surface area (Å²) in [6, 6.07) is 14.2. The van der Waals surface area contributed by atoms with Crippen LogP contribution in [0.5, 0.6) is 11.5 Å². The summed E-state index contributed by atoms with van der Waals surface area (Å²) in [7, 11) is 0. The lowest BCUT2D eigenvalue weighted by Crippen LogP contribution is -2.34. The molecule has 9 nitrogen and oxygen atoms in total. The monoisotopic (exact) mass is 479 g/mol. The van der Waals surface area contributed by atoms with Gasteiger partial charge in [-0.1, -0.05) is 6.07 Å². The van der Waals surface area contributed by atoms with Gasteiger partial charge in [-0.2, -0.15) is 5.10 Å². The van der Waals surface area contributed by atoms with Gasteiger partial charge in [0.15, 0.2) is 18.1 Å². The van der Waals surface area contributed by atoms with Gasteiger partial charge >= 0.3 is 5.97 Å². The molecule has 10 heteroatoms. The van der Waals surface area contributed by atoms with E-state index < -0.39 is 12.6 Å². The van der Waals surface area contributed by atoms with Crippen molar-refractivity contribution >= 4 is 28.9 Å². The van der Waals surface area contributed by atoms with Gasteiger partial charge in [0.1, 0.15) is 19.0 Å². The summed E-state index contributed by atoms with van der Waals surface area (Å²) in [5.41, 5.74) is 0.623. The van der Waals surface area contributed by atoms with Crippen LogP contribution in [0, 0.1) is 0 Å². The van der Waals surface area contributed by atoms with E-state index in [1.165, 1.54) is 17.4 Å². The maximum Gasteiger partial charge on any atom is 0.374 e. The van der Waals surface area contributed by atoms with Crippen LogP contribution in [-0.2, 0) is 22.6 Å². The third kappa shape index (κ3) is 4.96. The highest BCUT2D eigenvalue weighted by Gasteiger charge is 2.23. The lowest BCUT2D eigenvalue weighted by molar-refractivity contribution is -0.121. The average molecular weight is 480 g/mol. The first kappa shape index (κ1) is 21.8. The third-order valence-electron chi connectivity index (χ3n) is 5.10. The third-order valence-corrected chi connectivity index (χ3v) is 5.96. The number of furan rings is 1. The van der Waals surface area contributed by atoms with E-state index in [4.69, 9.17) is 18.6 Å². The fourth-order valence-corrected chi connectivity index (χ4v) is 4.18. The van der Waals surface area contributed by atoms with Gasteiger partial charge in [-0.15, -0.1) is 11.3 Å². The van der Waals surface area contributed by atoms with Crippen LogP contribution >= 0.6 is 11.3 Å². The maximum atomic E-state index is 13.1. The van der Waals surface area contributed by atoms with Crippen LogP contribution in [0.1, 0.15) is 21.2 Å². The number of fused-ring (bicyclic) bond motifs is 1. The Morgan fingerprint density at radius 2 is 1.97 bits per heavy atom. The number of esters is 1. The minimum Gasteiger partial charge on any atom is -0.486 e. The highest BCUT2D eigenvalue weighted by Crippen LogP contribution is 2.34. The normalized spacial score (nSPS) is 12.4. The molecule has 0 N–H and O–H groups in total. The number of hydrogen-bond donors (Lipinski definition) is 0. The molecule has 0 aliphatic carbocycles. The van der Waals surface area contributed by atoms with E-state index in [2.05, 4.69) is 5.10 Å². The summed E-state index contributed by atoms with van der Waals surface area (Å²) >= 11 is 1.54. The van der Waals surface area contributed by atoms with Crippen molar-refractivity contribution in [2.75, 3.05) is 24.7 Å². The van der Waals surface area contributed by atoms with Crippen molar-refractivity contribution in [3.05, 3.63) is 82.7 Å². The van der Waals surface area contributed by atoms with Gasteiger partial charge in [-0.3, -0.25) is 9.48 Å².